The van der Waals surface area contributed by atoms with Gasteiger partial charge in [0.05, 0.1) is 19.2 Å². The van der Waals surface area contributed by atoms with E-state index in [1.165, 1.54) is 16.9 Å². The molecule has 0 aliphatic carbocycles. The predicted molar refractivity (Wildman–Crippen MR) is 65.3 cm³/mol. The molecule has 5 nitrogen and oxygen atoms in total. The van der Waals surface area contributed by atoms with Crippen LogP contribution in [0.5, 0.6) is 0 Å². The molecule has 19 heavy (non-hydrogen) atoms. The van der Waals surface area contributed by atoms with E-state index in [4.69, 9.17) is 0 Å². The number of alkyl halides is 3. The number of rotatable bonds is 3. The van der Waals surface area contributed by atoms with Crippen molar-refractivity contribution in [2.45, 2.75) is 12.7 Å². The van der Waals surface area contributed by atoms with Crippen molar-refractivity contribution in [2.75, 3.05) is 5.32 Å². The van der Waals surface area contributed by atoms with Crippen molar-refractivity contribution < 1.29 is 13.2 Å². The summed E-state index contributed by atoms with van der Waals surface area (Å²) in [4.78, 5) is 1.28. The maximum absolute atomic E-state index is 12.7. The zero-order valence-corrected chi connectivity index (χ0v) is 11.3. The molecule has 0 saturated heterocycles. The molecular weight excluding hydrogens is 327 g/mol. The number of hydrogen-bond acceptors (Lipinski definition) is 4. The number of aryl methyl sites for hydroxylation is 1. The molecular formula is C10H9BrF3N5. The first-order valence-corrected chi connectivity index (χ1v) is 5.99. The average Bonchev–Trinajstić information content (AvgIpc) is 2.72. The van der Waals surface area contributed by atoms with Crippen molar-refractivity contribution in [3.05, 3.63) is 34.1 Å². The fourth-order valence-corrected chi connectivity index (χ4v) is 1.90. The normalized spacial score (nSPS) is 11.6. The molecule has 1 heterocycles. The van der Waals surface area contributed by atoms with Crippen LogP contribution in [0.4, 0.5) is 18.9 Å². The van der Waals surface area contributed by atoms with Crippen molar-refractivity contribution in [3.8, 4) is 0 Å². The molecule has 1 aromatic carbocycles. The second-order valence-electron chi connectivity index (χ2n) is 3.74. The van der Waals surface area contributed by atoms with E-state index in [-0.39, 0.29) is 11.0 Å². The van der Waals surface area contributed by atoms with Crippen molar-refractivity contribution in [3.63, 3.8) is 0 Å². The van der Waals surface area contributed by atoms with Crippen LogP contribution < -0.4 is 5.32 Å². The van der Waals surface area contributed by atoms with Crippen LogP contribution >= 0.6 is 15.9 Å². The molecule has 0 saturated carbocycles. The summed E-state index contributed by atoms with van der Waals surface area (Å²) < 4.78 is 38.1. The van der Waals surface area contributed by atoms with Crippen LogP contribution in [0.2, 0.25) is 0 Å². The van der Waals surface area contributed by atoms with Crippen LogP contribution in [0.25, 0.3) is 0 Å². The Balaban J connectivity index is 2.13. The first-order valence-electron chi connectivity index (χ1n) is 5.20. The van der Waals surface area contributed by atoms with Crippen LogP contribution in [-0.4, -0.2) is 20.2 Å². The SMILES string of the molecule is Cn1nnc(CNc2ccc(Br)c(C(F)(F)F)c2)n1. The third-order valence-corrected chi connectivity index (χ3v) is 2.96. The molecule has 1 aromatic heterocycles. The van der Waals surface area contributed by atoms with Crippen LogP contribution in [0.15, 0.2) is 22.7 Å². The minimum Gasteiger partial charge on any atom is -0.378 e. The van der Waals surface area contributed by atoms with Gasteiger partial charge in [-0.1, -0.05) is 15.9 Å². The van der Waals surface area contributed by atoms with Crippen molar-refractivity contribution in [1.82, 2.24) is 20.2 Å². The van der Waals surface area contributed by atoms with Crippen LogP contribution in [0.1, 0.15) is 11.4 Å². The lowest BCUT2D eigenvalue weighted by Gasteiger charge is -2.11. The third-order valence-electron chi connectivity index (χ3n) is 2.27. The minimum absolute atomic E-state index is 0.00294. The number of hydrogen-bond donors (Lipinski definition) is 1. The summed E-state index contributed by atoms with van der Waals surface area (Å²) >= 11 is 2.88. The monoisotopic (exact) mass is 335 g/mol. The Bertz CT molecular complexity index is 581. The molecule has 2 rings (SSSR count). The number of benzene rings is 1. The van der Waals surface area contributed by atoms with Gasteiger partial charge in [0.25, 0.3) is 0 Å². The number of tetrazole rings is 1. The molecule has 0 bridgehead atoms. The Hall–Kier alpha value is -1.64. The van der Waals surface area contributed by atoms with Crippen LogP contribution in [0.3, 0.4) is 0 Å². The van der Waals surface area contributed by atoms with E-state index in [0.29, 0.717) is 11.5 Å². The van der Waals surface area contributed by atoms with Gasteiger partial charge < -0.3 is 5.32 Å². The molecule has 0 spiro atoms. The summed E-state index contributed by atoms with van der Waals surface area (Å²) in [7, 11) is 1.61. The van der Waals surface area contributed by atoms with Crippen molar-refractivity contribution in [2.24, 2.45) is 7.05 Å². The Morgan fingerprint density at radius 3 is 2.68 bits per heavy atom. The largest absolute Gasteiger partial charge is 0.417 e. The summed E-state index contributed by atoms with van der Waals surface area (Å²) in [5.41, 5.74) is -0.396. The van der Waals surface area contributed by atoms with E-state index in [1.54, 1.807) is 7.05 Å². The molecule has 0 fully saturated rings. The highest BCUT2D eigenvalue weighted by atomic mass is 79.9. The smallest absolute Gasteiger partial charge is 0.378 e. The minimum atomic E-state index is -4.40. The molecule has 0 unspecified atom stereocenters. The van der Waals surface area contributed by atoms with Gasteiger partial charge in [0.2, 0.25) is 0 Å². The molecule has 0 atom stereocenters. The summed E-state index contributed by atoms with van der Waals surface area (Å²) in [6.45, 7) is 0.201. The Kier molecular flexibility index (Phi) is 3.74. The number of anilines is 1. The van der Waals surface area contributed by atoms with E-state index in [1.807, 2.05) is 0 Å². The molecule has 0 amide bonds. The van der Waals surface area contributed by atoms with E-state index in [9.17, 15) is 13.2 Å². The standard InChI is InChI=1S/C10H9BrF3N5/c1-19-17-9(16-18-19)5-15-6-2-3-8(11)7(4-6)10(12,13)14/h2-4,15H,5H2,1H3. The molecule has 2 aromatic rings. The summed E-state index contributed by atoms with van der Waals surface area (Å²) in [6.07, 6.45) is -4.40. The maximum atomic E-state index is 12.7. The van der Waals surface area contributed by atoms with Gasteiger partial charge in [-0.25, -0.2) is 0 Å². The lowest BCUT2D eigenvalue weighted by molar-refractivity contribution is -0.138. The first kappa shape index (κ1) is 13.8. The predicted octanol–water partition coefficient (Wildman–Crippen LogP) is 2.60. The zero-order valence-electron chi connectivity index (χ0n) is 9.74. The number of nitrogens with one attached hydrogen (secondary N) is 1. The van der Waals surface area contributed by atoms with Gasteiger partial charge in [-0.15, -0.1) is 10.2 Å². The van der Waals surface area contributed by atoms with Gasteiger partial charge in [0.15, 0.2) is 5.82 Å². The van der Waals surface area contributed by atoms with E-state index >= 15 is 0 Å². The molecule has 102 valence electrons. The van der Waals surface area contributed by atoms with Crippen LogP contribution in [0, 0.1) is 0 Å². The van der Waals surface area contributed by atoms with E-state index in [0.717, 1.165) is 6.07 Å². The average molecular weight is 336 g/mol. The number of aromatic nitrogens is 4. The fourth-order valence-electron chi connectivity index (χ4n) is 1.43. The second-order valence-corrected chi connectivity index (χ2v) is 4.60. The summed E-state index contributed by atoms with van der Waals surface area (Å²) in [5, 5.41) is 14.1. The van der Waals surface area contributed by atoms with Gasteiger partial charge >= 0.3 is 6.18 Å². The first-order chi connectivity index (χ1) is 8.86. The lowest BCUT2D eigenvalue weighted by Crippen LogP contribution is -2.08. The number of halogens is 4. The third kappa shape index (κ3) is 3.43. The van der Waals surface area contributed by atoms with Gasteiger partial charge in [-0.3, -0.25) is 0 Å². The molecule has 0 radical (unpaired) electrons. The Labute approximate surface area is 114 Å². The topological polar surface area (TPSA) is 55.6 Å². The van der Waals surface area contributed by atoms with Gasteiger partial charge in [-0.05, 0) is 23.4 Å². The zero-order chi connectivity index (χ0) is 14.0. The number of nitrogens with zero attached hydrogens (tertiary/aromatic N) is 4. The molecule has 9 heteroatoms. The Morgan fingerprint density at radius 2 is 2.11 bits per heavy atom. The Morgan fingerprint density at radius 1 is 1.37 bits per heavy atom. The van der Waals surface area contributed by atoms with E-state index in [2.05, 4.69) is 36.7 Å². The summed E-state index contributed by atoms with van der Waals surface area (Å²) in [5.74, 6) is 0.402. The van der Waals surface area contributed by atoms with Crippen molar-refractivity contribution >= 4 is 21.6 Å². The van der Waals surface area contributed by atoms with Gasteiger partial charge in [-0.2, -0.15) is 18.0 Å². The van der Waals surface area contributed by atoms with Gasteiger partial charge in [0, 0.05) is 10.2 Å². The van der Waals surface area contributed by atoms with Crippen LogP contribution in [-0.2, 0) is 19.8 Å². The maximum Gasteiger partial charge on any atom is 0.417 e. The summed E-state index contributed by atoms with van der Waals surface area (Å²) in [6, 6.07) is 3.91. The highest BCUT2D eigenvalue weighted by Crippen LogP contribution is 2.36. The quantitative estimate of drug-likeness (QED) is 0.936. The molecule has 0 aliphatic rings. The highest BCUT2D eigenvalue weighted by molar-refractivity contribution is 9.10. The fraction of sp³-hybridized carbons (Fsp3) is 0.300. The van der Waals surface area contributed by atoms with Crippen molar-refractivity contribution in [1.29, 1.82) is 0 Å². The lowest BCUT2D eigenvalue weighted by atomic mass is 10.2. The molecule has 0 aliphatic heterocycles. The second kappa shape index (κ2) is 5.16. The highest BCUT2D eigenvalue weighted by Gasteiger charge is 2.33. The molecule has 1 N–H and O–H groups in total. The van der Waals surface area contributed by atoms with E-state index < -0.39 is 11.7 Å². The van der Waals surface area contributed by atoms with Gasteiger partial charge in [0.1, 0.15) is 0 Å².